The lowest BCUT2D eigenvalue weighted by atomic mass is 10.1. The molecule has 0 aliphatic carbocycles. The molecule has 170 valence electrons. The number of hydrogen-bond donors (Lipinski definition) is 1. The lowest BCUT2D eigenvalue weighted by Crippen LogP contribution is -2.15. The summed E-state index contributed by atoms with van der Waals surface area (Å²) in [5, 5.41) is 14.3. The van der Waals surface area contributed by atoms with Gasteiger partial charge in [0, 0.05) is 11.8 Å². The molecule has 9 nitrogen and oxygen atoms in total. The van der Waals surface area contributed by atoms with Crippen molar-refractivity contribution >= 4 is 23.3 Å². The van der Waals surface area contributed by atoms with Gasteiger partial charge < -0.3 is 19.5 Å². The zero-order valence-corrected chi connectivity index (χ0v) is 18.3. The molecule has 0 aliphatic heterocycles. The average Bonchev–Trinajstić information content (AvgIpc) is 2.83. The van der Waals surface area contributed by atoms with E-state index in [1.807, 2.05) is 30.3 Å². The molecule has 0 fully saturated rings. The maximum atomic E-state index is 12.9. The Labute approximate surface area is 190 Å². The van der Waals surface area contributed by atoms with Gasteiger partial charge >= 0.3 is 5.97 Å². The fourth-order valence-corrected chi connectivity index (χ4v) is 3.13. The Morgan fingerprint density at radius 2 is 1.73 bits per heavy atom. The van der Waals surface area contributed by atoms with E-state index in [1.54, 1.807) is 13.0 Å². The van der Waals surface area contributed by atoms with Gasteiger partial charge in [-0.2, -0.15) is 0 Å². The van der Waals surface area contributed by atoms with Crippen LogP contribution in [0.4, 0.5) is 11.4 Å². The second-order valence-electron chi connectivity index (χ2n) is 7.03. The van der Waals surface area contributed by atoms with Crippen molar-refractivity contribution in [2.75, 3.05) is 19.5 Å². The summed E-state index contributed by atoms with van der Waals surface area (Å²) >= 11 is 0. The number of nitrogens with zero attached hydrogens (tertiary/aromatic N) is 1. The monoisotopic (exact) mass is 450 g/mol. The highest BCUT2D eigenvalue weighted by atomic mass is 16.6. The van der Waals surface area contributed by atoms with Gasteiger partial charge in [0.2, 0.25) is 0 Å². The number of carbonyl (C=O) groups excluding carboxylic acids is 2. The highest BCUT2D eigenvalue weighted by molar-refractivity contribution is 6.08. The zero-order valence-electron chi connectivity index (χ0n) is 18.3. The van der Waals surface area contributed by atoms with E-state index < -0.39 is 22.5 Å². The molecular formula is C24H22N2O7. The molecule has 0 saturated carbocycles. The fraction of sp³-hybridized carbons (Fsp3) is 0.167. The van der Waals surface area contributed by atoms with Crippen LogP contribution in [0.3, 0.4) is 0 Å². The Balaban J connectivity index is 1.89. The van der Waals surface area contributed by atoms with Gasteiger partial charge in [-0.1, -0.05) is 30.3 Å². The lowest BCUT2D eigenvalue weighted by molar-refractivity contribution is -0.385. The number of esters is 1. The van der Waals surface area contributed by atoms with Gasteiger partial charge in [-0.3, -0.25) is 14.9 Å². The van der Waals surface area contributed by atoms with Crippen molar-refractivity contribution in [3.8, 4) is 11.5 Å². The lowest BCUT2D eigenvalue weighted by Gasteiger charge is -2.14. The Morgan fingerprint density at radius 1 is 1.00 bits per heavy atom. The third kappa shape index (κ3) is 5.45. The van der Waals surface area contributed by atoms with Gasteiger partial charge in [-0.25, -0.2) is 4.79 Å². The maximum absolute atomic E-state index is 12.9. The van der Waals surface area contributed by atoms with Crippen LogP contribution in [0, 0.1) is 17.0 Å². The molecule has 0 atom stereocenters. The molecule has 0 heterocycles. The third-order valence-electron chi connectivity index (χ3n) is 4.86. The van der Waals surface area contributed by atoms with Gasteiger partial charge in [0.1, 0.15) is 12.2 Å². The largest absolute Gasteiger partial charge is 0.493 e. The highest BCUT2D eigenvalue weighted by Crippen LogP contribution is 2.36. The van der Waals surface area contributed by atoms with Crippen molar-refractivity contribution in [1.29, 1.82) is 0 Å². The number of nitro groups is 1. The van der Waals surface area contributed by atoms with E-state index in [0.29, 0.717) is 16.8 Å². The standard InChI is InChI=1S/C24H22N2O7/c1-15-11-17(24(28)32-3)9-10-19(15)25-23(27)18-12-21(31-2)22(13-20(18)26(29)30)33-14-16-7-5-4-6-8-16/h4-13H,14H2,1-3H3,(H,25,27). The van der Waals surface area contributed by atoms with Gasteiger partial charge in [0.15, 0.2) is 11.5 Å². The van der Waals surface area contributed by atoms with E-state index in [-0.39, 0.29) is 23.7 Å². The van der Waals surface area contributed by atoms with E-state index in [2.05, 4.69) is 10.1 Å². The van der Waals surface area contributed by atoms with Crippen LogP contribution >= 0.6 is 0 Å². The van der Waals surface area contributed by atoms with Crippen molar-refractivity contribution in [3.05, 3.63) is 93.0 Å². The second kappa shape index (κ2) is 10.3. The first kappa shape index (κ1) is 23.3. The summed E-state index contributed by atoms with van der Waals surface area (Å²) in [5.74, 6) is -0.895. The number of hydrogen-bond acceptors (Lipinski definition) is 7. The van der Waals surface area contributed by atoms with E-state index in [9.17, 15) is 19.7 Å². The summed E-state index contributed by atoms with van der Waals surface area (Å²) in [6.07, 6.45) is 0. The molecule has 33 heavy (non-hydrogen) atoms. The third-order valence-corrected chi connectivity index (χ3v) is 4.86. The number of benzene rings is 3. The maximum Gasteiger partial charge on any atom is 0.337 e. The molecule has 0 aromatic heterocycles. The van der Waals surface area contributed by atoms with Crippen LogP contribution in [0.15, 0.2) is 60.7 Å². The van der Waals surface area contributed by atoms with E-state index in [0.717, 1.165) is 5.56 Å². The Bertz CT molecular complexity index is 1190. The molecule has 0 aliphatic rings. The first-order chi connectivity index (χ1) is 15.8. The predicted octanol–water partition coefficient (Wildman–Crippen LogP) is 4.53. The normalized spacial score (nSPS) is 10.3. The molecule has 0 bridgehead atoms. The fourth-order valence-electron chi connectivity index (χ4n) is 3.13. The summed E-state index contributed by atoms with van der Waals surface area (Å²) in [6.45, 7) is 1.86. The molecule has 0 radical (unpaired) electrons. The first-order valence-corrected chi connectivity index (χ1v) is 9.87. The number of carbonyl (C=O) groups is 2. The summed E-state index contributed by atoms with van der Waals surface area (Å²) in [7, 11) is 2.65. The Kier molecular flexibility index (Phi) is 7.24. The van der Waals surface area contributed by atoms with Crippen LogP contribution in [-0.4, -0.2) is 31.0 Å². The number of rotatable bonds is 8. The average molecular weight is 450 g/mol. The highest BCUT2D eigenvalue weighted by Gasteiger charge is 2.25. The van der Waals surface area contributed by atoms with Gasteiger partial charge in [-0.05, 0) is 36.2 Å². The van der Waals surface area contributed by atoms with Crippen molar-refractivity contribution in [3.63, 3.8) is 0 Å². The zero-order chi connectivity index (χ0) is 24.0. The number of methoxy groups -OCH3 is 2. The number of amides is 1. The SMILES string of the molecule is COC(=O)c1ccc(NC(=O)c2cc(OC)c(OCc3ccccc3)cc2[N+](=O)[O-])c(C)c1. The summed E-state index contributed by atoms with van der Waals surface area (Å²) < 4.78 is 15.7. The van der Waals surface area contributed by atoms with E-state index >= 15 is 0 Å². The quantitative estimate of drug-likeness (QED) is 0.304. The smallest absolute Gasteiger partial charge is 0.337 e. The van der Waals surface area contributed by atoms with E-state index in [4.69, 9.17) is 9.47 Å². The Morgan fingerprint density at radius 3 is 2.33 bits per heavy atom. The van der Waals surface area contributed by atoms with Crippen molar-refractivity contribution in [2.24, 2.45) is 0 Å². The van der Waals surface area contributed by atoms with Gasteiger partial charge in [0.25, 0.3) is 11.6 Å². The summed E-state index contributed by atoms with van der Waals surface area (Å²) in [5.41, 5.74) is 1.55. The summed E-state index contributed by atoms with van der Waals surface area (Å²) in [6, 6.07) is 16.3. The molecule has 3 rings (SSSR count). The minimum Gasteiger partial charge on any atom is -0.493 e. The predicted molar refractivity (Wildman–Crippen MR) is 121 cm³/mol. The van der Waals surface area contributed by atoms with Crippen LogP contribution in [0.2, 0.25) is 0 Å². The minimum atomic E-state index is -0.705. The molecule has 3 aromatic carbocycles. The van der Waals surface area contributed by atoms with Crippen molar-refractivity contribution < 1.29 is 28.7 Å². The Hall–Kier alpha value is -4.40. The number of anilines is 1. The molecule has 1 amide bonds. The molecule has 0 spiro atoms. The number of ether oxygens (including phenoxy) is 3. The minimum absolute atomic E-state index is 0.142. The van der Waals surface area contributed by atoms with Crippen molar-refractivity contribution in [2.45, 2.75) is 13.5 Å². The van der Waals surface area contributed by atoms with Crippen molar-refractivity contribution in [1.82, 2.24) is 0 Å². The van der Waals surface area contributed by atoms with E-state index in [1.165, 1.54) is 38.5 Å². The first-order valence-electron chi connectivity index (χ1n) is 9.87. The number of nitro benzene ring substituents is 1. The van der Waals surface area contributed by atoms with Crippen LogP contribution in [-0.2, 0) is 11.3 Å². The molecule has 3 aromatic rings. The van der Waals surface area contributed by atoms with Crippen LogP contribution < -0.4 is 14.8 Å². The number of aryl methyl sites for hydroxylation is 1. The second-order valence-corrected chi connectivity index (χ2v) is 7.03. The van der Waals surface area contributed by atoms with Gasteiger partial charge in [0.05, 0.1) is 30.8 Å². The number of nitrogens with one attached hydrogen (secondary N) is 1. The topological polar surface area (TPSA) is 117 Å². The molecule has 1 N–H and O–H groups in total. The molecule has 9 heteroatoms. The molecular weight excluding hydrogens is 428 g/mol. The summed E-state index contributed by atoms with van der Waals surface area (Å²) in [4.78, 5) is 35.6. The molecule has 0 unspecified atom stereocenters. The molecule has 0 saturated heterocycles. The van der Waals surface area contributed by atoms with Crippen LogP contribution in [0.5, 0.6) is 11.5 Å². The van der Waals surface area contributed by atoms with Crippen LogP contribution in [0.1, 0.15) is 31.8 Å². The van der Waals surface area contributed by atoms with Crippen LogP contribution in [0.25, 0.3) is 0 Å². The van der Waals surface area contributed by atoms with Gasteiger partial charge in [-0.15, -0.1) is 0 Å².